The molecule has 0 radical (unpaired) electrons. The molecule has 4 nitrogen and oxygen atoms in total. The van der Waals surface area contributed by atoms with Crippen LogP contribution in [-0.4, -0.2) is 29.8 Å². The van der Waals surface area contributed by atoms with Gasteiger partial charge in [0.1, 0.15) is 11.6 Å². The number of rotatable bonds is 5. The van der Waals surface area contributed by atoms with E-state index in [-0.39, 0.29) is 23.2 Å². The van der Waals surface area contributed by atoms with Gasteiger partial charge in [-0.3, -0.25) is 0 Å². The van der Waals surface area contributed by atoms with Crippen molar-refractivity contribution in [3.63, 3.8) is 0 Å². The van der Waals surface area contributed by atoms with E-state index < -0.39 is 23.2 Å². The van der Waals surface area contributed by atoms with Gasteiger partial charge in [-0.2, -0.15) is 0 Å². The Morgan fingerprint density at radius 1 is 1.43 bits per heavy atom. The zero-order valence-corrected chi connectivity index (χ0v) is 12.2. The molecule has 2 rings (SSSR count). The summed E-state index contributed by atoms with van der Waals surface area (Å²) in [5.41, 5.74) is -0.751. The predicted octanol–water partition coefficient (Wildman–Crippen LogP) is 3.28. The molecule has 1 fully saturated rings. The topological polar surface area (TPSA) is 58.6 Å². The van der Waals surface area contributed by atoms with Gasteiger partial charge < -0.3 is 15.2 Å². The Bertz CT molecular complexity index is 560. The van der Waals surface area contributed by atoms with Gasteiger partial charge in [-0.15, -0.1) is 0 Å². The van der Waals surface area contributed by atoms with Gasteiger partial charge >= 0.3 is 5.97 Å². The van der Waals surface area contributed by atoms with Crippen LogP contribution in [0.15, 0.2) is 12.1 Å². The SMILES string of the molecule is CCOC1CC(Nc2cc(C(=O)O)c(F)cc2F)C1(C)C. The number of carboxylic acids is 1. The van der Waals surface area contributed by atoms with Crippen molar-refractivity contribution in [2.24, 2.45) is 5.41 Å². The summed E-state index contributed by atoms with van der Waals surface area (Å²) in [5, 5.41) is 11.9. The first kappa shape index (κ1) is 15.7. The van der Waals surface area contributed by atoms with Crippen molar-refractivity contribution in [3.05, 3.63) is 29.3 Å². The molecule has 116 valence electrons. The summed E-state index contributed by atoms with van der Waals surface area (Å²) < 4.78 is 32.7. The quantitative estimate of drug-likeness (QED) is 0.876. The molecule has 21 heavy (non-hydrogen) atoms. The Kier molecular flexibility index (Phi) is 4.18. The van der Waals surface area contributed by atoms with Gasteiger partial charge in [0, 0.05) is 24.1 Å². The molecule has 0 heterocycles. The summed E-state index contributed by atoms with van der Waals surface area (Å²) in [6.07, 6.45) is 0.766. The van der Waals surface area contributed by atoms with Gasteiger partial charge in [-0.25, -0.2) is 13.6 Å². The Hall–Kier alpha value is -1.69. The summed E-state index contributed by atoms with van der Waals surface area (Å²) in [5.74, 6) is -3.30. The number of ether oxygens (including phenoxy) is 1. The van der Waals surface area contributed by atoms with E-state index in [1.54, 1.807) is 0 Å². The normalized spacial score (nSPS) is 23.5. The van der Waals surface area contributed by atoms with Gasteiger partial charge in [0.2, 0.25) is 0 Å². The third-order valence-electron chi connectivity index (χ3n) is 4.16. The molecule has 2 N–H and O–H groups in total. The van der Waals surface area contributed by atoms with Crippen molar-refractivity contribution >= 4 is 11.7 Å². The van der Waals surface area contributed by atoms with Gasteiger partial charge in [0.15, 0.2) is 0 Å². The van der Waals surface area contributed by atoms with E-state index in [1.165, 1.54) is 0 Å². The van der Waals surface area contributed by atoms with Crippen LogP contribution in [0.25, 0.3) is 0 Å². The van der Waals surface area contributed by atoms with Crippen LogP contribution in [0.2, 0.25) is 0 Å². The van der Waals surface area contributed by atoms with E-state index in [1.807, 2.05) is 20.8 Å². The lowest BCUT2D eigenvalue weighted by molar-refractivity contribution is -0.0976. The Balaban J connectivity index is 2.18. The minimum absolute atomic E-state index is 0.00169. The second kappa shape index (κ2) is 5.60. The molecule has 0 aliphatic heterocycles. The Labute approximate surface area is 122 Å². The van der Waals surface area contributed by atoms with Crippen LogP contribution in [0.3, 0.4) is 0 Å². The number of anilines is 1. The molecule has 2 atom stereocenters. The first-order chi connectivity index (χ1) is 9.77. The maximum absolute atomic E-state index is 13.8. The predicted molar refractivity (Wildman–Crippen MR) is 74.5 cm³/mol. The highest BCUT2D eigenvalue weighted by Crippen LogP contribution is 2.44. The number of carbonyl (C=O) groups is 1. The van der Waals surface area contributed by atoms with Gasteiger partial charge in [0.25, 0.3) is 0 Å². The van der Waals surface area contributed by atoms with Crippen LogP contribution in [0.4, 0.5) is 14.5 Å². The largest absolute Gasteiger partial charge is 0.478 e. The zero-order valence-electron chi connectivity index (χ0n) is 12.2. The summed E-state index contributed by atoms with van der Waals surface area (Å²) in [6, 6.07) is 1.53. The highest BCUT2D eigenvalue weighted by Gasteiger charge is 2.49. The Morgan fingerprint density at radius 3 is 2.62 bits per heavy atom. The van der Waals surface area contributed by atoms with Crippen molar-refractivity contribution in [2.45, 2.75) is 39.3 Å². The van der Waals surface area contributed by atoms with E-state index in [9.17, 15) is 13.6 Å². The second-order valence-corrected chi connectivity index (χ2v) is 5.82. The molecule has 0 aromatic heterocycles. The number of benzene rings is 1. The second-order valence-electron chi connectivity index (χ2n) is 5.82. The number of halogens is 2. The van der Waals surface area contributed by atoms with Crippen LogP contribution in [-0.2, 0) is 4.74 Å². The summed E-state index contributed by atoms with van der Waals surface area (Å²) in [6.45, 7) is 6.51. The van der Waals surface area contributed by atoms with Crippen molar-refractivity contribution in [3.8, 4) is 0 Å². The van der Waals surface area contributed by atoms with Gasteiger partial charge in [-0.05, 0) is 19.4 Å². The molecule has 1 saturated carbocycles. The first-order valence-electron chi connectivity index (χ1n) is 6.87. The molecule has 1 aromatic rings. The number of nitrogens with one attached hydrogen (secondary N) is 1. The van der Waals surface area contributed by atoms with E-state index in [0.29, 0.717) is 19.1 Å². The Morgan fingerprint density at radius 2 is 2.10 bits per heavy atom. The maximum atomic E-state index is 13.8. The summed E-state index contributed by atoms with van der Waals surface area (Å²) >= 11 is 0. The van der Waals surface area contributed by atoms with Gasteiger partial charge in [-0.1, -0.05) is 13.8 Å². The van der Waals surface area contributed by atoms with Crippen LogP contribution >= 0.6 is 0 Å². The molecule has 0 saturated heterocycles. The molecule has 1 aliphatic rings. The monoisotopic (exact) mass is 299 g/mol. The third-order valence-corrected chi connectivity index (χ3v) is 4.16. The highest BCUT2D eigenvalue weighted by atomic mass is 19.1. The molecule has 1 aliphatic carbocycles. The van der Waals surface area contributed by atoms with E-state index in [0.717, 1.165) is 6.07 Å². The number of carboxylic acid groups (broad SMARTS) is 1. The zero-order chi connectivity index (χ0) is 15.8. The molecule has 0 amide bonds. The molecule has 0 spiro atoms. The fourth-order valence-electron chi connectivity index (χ4n) is 2.63. The molecular weight excluding hydrogens is 280 g/mol. The summed E-state index contributed by atoms with van der Waals surface area (Å²) in [7, 11) is 0. The first-order valence-corrected chi connectivity index (χ1v) is 6.87. The van der Waals surface area contributed by atoms with Crippen LogP contribution in [0.5, 0.6) is 0 Å². The number of hydrogen-bond acceptors (Lipinski definition) is 3. The number of aromatic carboxylic acids is 1. The van der Waals surface area contributed by atoms with E-state index >= 15 is 0 Å². The summed E-state index contributed by atoms with van der Waals surface area (Å²) in [4.78, 5) is 10.9. The average molecular weight is 299 g/mol. The van der Waals surface area contributed by atoms with Crippen molar-refractivity contribution < 1.29 is 23.4 Å². The highest BCUT2D eigenvalue weighted by molar-refractivity contribution is 5.89. The van der Waals surface area contributed by atoms with Gasteiger partial charge in [0.05, 0.1) is 17.4 Å². The number of hydrogen-bond donors (Lipinski definition) is 2. The average Bonchev–Trinajstić information content (AvgIpc) is 2.39. The standard InChI is InChI=1S/C15H19F2NO3/c1-4-21-13-7-12(15(13,2)3)18-11-5-8(14(19)20)9(16)6-10(11)17/h5-6,12-13,18H,4,7H2,1-3H3,(H,19,20). The van der Waals surface area contributed by atoms with Crippen molar-refractivity contribution in [2.75, 3.05) is 11.9 Å². The lowest BCUT2D eigenvalue weighted by Gasteiger charge is -2.52. The fraction of sp³-hybridized carbons (Fsp3) is 0.533. The molecule has 6 heteroatoms. The minimum Gasteiger partial charge on any atom is -0.478 e. The molecular formula is C15H19F2NO3. The van der Waals surface area contributed by atoms with Crippen LogP contribution in [0, 0.1) is 17.0 Å². The molecule has 0 bridgehead atoms. The lowest BCUT2D eigenvalue weighted by Crippen LogP contribution is -2.58. The molecule has 1 aromatic carbocycles. The van der Waals surface area contributed by atoms with Crippen molar-refractivity contribution in [1.29, 1.82) is 0 Å². The van der Waals surface area contributed by atoms with Crippen molar-refractivity contribution in [1.82, 2.24) is 0 Å². The maximum Gasteiger partial charge on any atom is 0.338 e. The van der Waals surface area contributed by atoms with Crippen LogP contribution < -0.4 is 5.32 Å². The van der Waals surface area contributed by atoms with Crippen LogP contribution in [0.1, 0.15) is 37.6 Å². The van der Waals surface area contributed by atoms with E-state index in [2.05, 4.69) is 5.32 Å². The fourth-order valence-corrected chi connectivity index (χ4v) is 2.63. The lowest BCUT2D eigenvalue weighted by atomic mass is 9.64. The van der Waals surface area contributed by atoms with E-state index in [4.69, 9.17) is 9.84 Å². The molecule has 2 unspecified atom stereocenters. The minimum atomic E-state index is -1.42. The third kappa shape index (κ3) is 2.85. The smallest absolute Gasteiger partial charge is 0.338 e.